The van der Waals surface area contributed by atoms with Crippen LogP contribution in [0.1, 0.15) is 49.6 Å². The van der Waals surface area contributed by atoms with Crippen molar-refractivity contribution < 1.29 is 8.81 Å². The van der Waals surface area contributed by atoms with E-state index in [0.717, 1.165) is 37.3 Å². The molecule has 2 aromatic carbocycles. The van der Waals surface area contributed by atoms with Crippen molar-refractivity contribution in [1.82, 2.24) is 20.0 Å². The van der Waals surface area contributed by atoms with Crippen molar-refractivity contribution in [2.45, 2.75) is 44.2 Å². The minimum atomic E-state index is -0.352. The standard InChI is InChI=1S/C25H28ClFN4O/c26-22-17-19(27)11-12-21(22)23(25-29-28-24(32-25)18-7-3-1-4-8-18)31-15-13-30(14-16-31)20-9-5-2-6-10-20/h1,3-4,7-8,11-12,17,20,23H,2,5-6,9-10,13-16H2/t23-/m0/s1. The minimum Gasteiger partial charge on any atom is -0.419 e. The Balaban J connectivity index is 1.42. The summed E-state index contributed by atoms with van der Waals surface area (Å²) >= 11 is 6.50. The van der Waals surface area contributed by atoms with E-state index in [1.54, 1.807) is 6.07 Å². The molecule has 1 aliphatic carbocycles. The number of nitrogens with zero attached hydrogens (tertiary/aromatic N) is 4. The molecule has 1 atom stereocenters. The van der Waals surface area contributed by atoms with E-state index in [9.17, 15) is 4.39 Å². The summed E-state index contributed by atoms with van der Waals surface area (Å²) in [4.78, 5) is 4.96. The van der Waals surface area contributed by atoms with Crippen LogP contribution in [0.4, 0.5) is 4.39 Å². The van der Waals surface area contributed by atoms with E-state index in [2.05, 4.69) is 20.0 Å². The van der Waals surface area contributed by atoms with Crippen LogP contribution in [0.15, 0.2) is 52.9 Å². The lowest BCUT2D eigenvalue weighted by Gasteiger charge is -2.42. The molecule has 0 bridgehead atoms. The van der Waals surface area contributed by atoms with E-state index in [4.69, 9.17) is 16.0 Å². The smallest absolute Gasteiger partial charge is 0.247 e. The first-order valence-corrected chi connectivity index (χ1v) is 11.9. The molecule has 0 N–H and O–H groups in total. The minimum absolute atomic E-state index is 0.304. The Kier molecular flexibility index (Phi) is 6.53. The molecule has 5 rings (SSSR count). The highest BCUT2D eigenvalue weighted by Gasteiger charge is 2.34. The number of aromatic nitrogens is 2. The van der Waals surface area contributed by atoms with Crippen molar-refractivity contribution >= 4 is 11.6 Å². The SMILES string of the molecule is Fc1ccc([C@@H](c2nnc(-c3ccccc3)o2)N2CCN(C3CCCCC3)CC2)c(Cl)c1. The van der Waals surface area contributed by atoms with Gasteiger partial charge in [-0.15, -0.1) is 10.2 Å². The number of hydrogen-bond acceptors (Lipinski definition) is 5. The summed E-state index contributed by atoms with van der Waals surface area (Å²) in [7, 11) is 0. The van der Waals surface area contributed by atoms with Gasteiger partial charge in [0.2, 0.25) is 11.8 Å². The molecule has 2 fully saturated rings. The highest BCUT2D eigenvalue weighted by Crippen LogP contribution is 2.35. The number of piperazine rings is 1. The lowest BCUT2D eigenvalue weighted by atomic mass is 9.93. The monoisotopic (exact) mass is 454 g/mol. The van der Waals surface area contributed by atoms with E-state index in [-0.39, 0.29) is 11.9 Å². The predicted molar refractivity (Wildman–Crippen MR) is 123 cm³/mol. The van der Waals surface area contributed by atoms with Gasteiger partial charge in [0, 0.05) is 42.8 Å². The molecule has 0 radical (unpaired) electrons. The molecule has 1 aliphatic heterocycles. The van der Waals surface area contributed by atoms with Gasteiger partial charge in [-0.25, -0.2) is 4.39 Å². The summed E-state index contributed by atoms with van der Waals surface area (Å²) < 4.78 is 19.9. The van der Waals surface area contributed by atoms with Gasteiger partial charge in [0.05, 0.1) is 0 Å². The number of halogens is 2. The zero-order chi connectivity index (χ0) is 21.9. The molecule has 2 aliphatic rings. The molecule has 1 saturated carbocycles. The maximum Gasteiger partial charge on any atom is 0.247 e. The van der Waals surface area contributed by atoms with Gasteiger partial charge < -0.3 is 4.42 Å². The number of hydrogen-bond donors (Lipinski definition) is 0. The van der Waals surface area contributed by atoms with Gasteiger partial charge in [-0.05, 0) is 42.7 Å². The summed E-state index contributed by atoms with van der Waals surface area (Å²) in [5.74, 6) is 0.614. The van der Waals surface area contributed by atoms with Gasteiger partial charge in [0.15, 0.2) is 0 Å². The van der Waals surface area contributed by atoms with Crippen LogP contribution in [0.2, 0.25) is 5.02 Å². The summed E-state index contributed by atoms with van der Waals surface area (Å²) in [5, 5.41) is 9.06. The number of benzene rings is 2. The van der Waals surface area contributed by atoms with Crippen LogP contribution < -0.4 is 0 Å². The summed E-state index contributed by atoms with van der Waals surface area (Å²) in [6, 6.07) is 14.7. The molecule has 7 heteroatoms. The molecule has 1 saturated heterocycles. The highest BCUT2D eigenvalue weighted by molar-refractivity contribution is 6.31. The second-order valence-electron chi connectivity index (χ2n) is 8.74. The summed E-state index contributed by atoms with van der Waals surface area (Å²) in [6.07, 6.45) is 6.64. The molecule has 3 aromatic rings. The number of rotatable bonds is 5. The van der Waals surface area contributed by atoms with Crippen molar-refractivity contribution in [3.8, 4) is 11.5 Å². The Bertz CT molecular complexity index is 1030. The van der Waals surface area contributed by atoms with Crippen molar-refractivity contribution in [1.29, 1.82) is 0 Å². The molecule has 0 spiro atoms. The van der Waals surface area contributed by atoms with E-state index >= 15 is 0 Å². The van der Waals surface area contributed by atoms with Gasteiger partial charge in [0.1, 0.15) is 11.9 Å². The normalized spacial score (nSPS) is 19.8. The Morgan fingerprint density at radius 3 is 2.41 bits per heavy atom. The second-order valence-corrected chi connectivity index (χ2v) is 9.15. The van der Waals surface area contributed by atoms with Gasteiger partial charge >= 0.3 is 0 Å². The lowest BCUT2D eigenvalue weighted by molar-refractivity contribution is 0.0591. The highest BCUT2D eigenvalue weighted by atomic mass is 35.5. The molecular formula is C25H28ClFN4O. The first kappa shape index (κ1) is 21.6. The lowest BCUT2D eigenvalue weighted by Crippen LogP contribution is -2.51. The van der Waals surface area contributed by atoms with Crippen LogP contribution in [0.3, 0.4) is 0 Å². The molecule has 168 valence electrons. The van der Waals surface area contributed by atoms with Crippen LogP contribution in [0.25, 0.3) is 11.5 Å². The van der Waals surface area contributed by atoms with E-state index in [0.29, 0.717) is 22.8 Å². The largest absolute Gasteiger partial charge is 0.419 e. The summed E-state index contributed by atoms with van der Waals surface area (Å²) in [6.45, 7) is 3.75. The van der Waals surface area contributed by atoms with Crippen LogP contribution in [-0.2, 0) is 0 Å². The zero-order valence-electron chi connectivity index (χ0n) is 18.1. The Morgan fingerprint density at radius 1 is 0.938 bits per heavy atom. The first-order valence-electron chi connectivity index (χ1n) is 11.5. The van der Waals surface area contributed by atoms with Crippen molar-refractivity contribution in [3.63, 3.8) is 0 Å². The second kappa shape index (κ2) is 9.69. The fraction of sp³-hybridized carbons (Fsp3) is 0.440. The molecule has 0 amide bonds. The Labute approximate surface area is 193 Å². The van der Waals surface area contributed by atoms with Crippen molar-refractivity contribution in [2.24, 2.45) is 0 Å². The third-order valence-corrected chi connectivity index (χ3v) is 7.08. The van der Waals surface area contributed by atoms with Crippen LogP contribution in [0.5, 0.6) is 0 Å². The molecule has 32 heavy (non-hydrogen) atoms. The van der Waals surface area contributed by atoms with E-state index in [1.165, 1.54) is 44.2 Å². The van der Waals surface area contributed by atoms with Crippen molar-refractivity contribution in [3.05, 3.63) is 70.8 Å². The topological polar surface area (TPSA) is 45.4 Å². The Hall–Kier alpha value is -2.28. The van der Waals surface area contributed by atoms with Crippen LogP contribution in [0, 0.1) is 5.82 Å². The van der Waals surface area contributed by atoms with Gasteiger partial charge in [-0.3, -0.25) is 9.80 Å². The maximum absolute atomic E-state index is 13.8. The molecule has 1 aromatic heterocycles. The van der Waals surface area contributed by atoms with Gasteiger partial charge in [-0.2, -0.15) is 0 Å². The fourth-order valence-electron chi connectivity index (χ4n) is 5.06. The van der Waals surface area contributed by atoms with Gasteiger partial charge in [-0.1, -0.05) is 55.1 Å². The first-order chi connectivity index (χ1) is 15.7. The third kappa shape index (κ3) is 4.58. The molecular weight excluding hydrogens is 427 g/mol. The van der Waals surface area contributed by atoms with Crippen molar-refractivity contribution in [2.75, 3.05) is 26.2 Å². The quantitative estimate of drug-likeness (QED) is 0.504. The maximum atomic E-state index is 13.8. The van der Waals surface area contributed by atoms with Crippen LogP contribution >= 0.6 is 11.6 Å². The van der Waals surface area contributed by atoms with E-state index in [1.807, 2.05) is 30.3 Å². The molecule has 2 heterocycles. The third-order valence-electron chi connectivity index (χ3n) is 6.76. The molecule has 5 nitrogen and oxygen atoms in total. The summed E-state index contributed by atoms with van der Waals surface area (Å²) in [5.41, 5.74) is 1.67. The van der Waals surface area contributed by atoms with Gasteiger partial charge in [0.25, 0.3) is 0 Å². The average molecular weight is 455 g/mol. The van der Waals surface area contributed by atoms with Crippen LogP contribution in [-0.4, -0.2) is 52.2 Å². The average Bonchev–Trinajstić information content (AvgIpc) is 3.32. The zero-order valence-corrected chi connectivity index (χ0v) is 18.8. The fourth-order valence-corrected chi connectivity index (χ4v) is 5.33. The van der Waals surface area contributed by atoms with E-state index < -0.39 is 0 Å². The molecule has 0 unspecified atom stereocenters. The predicted octanol–water partition coefficient (Wildman–Crippen LogP) is 5.57. The Morgan fingerprint density at radius 2 is 1.69 bits per heavy atom.